The molecule has 0 aromatic heterocycles. The second-order valence-corrected chi connectivity index (χ2v) is 3.95. The van der Waals surface area contributed by atoms with E-state index in [1.807, 2.05) is 31.2 Å². The second-order valence-electron chi connectivity index (χ2n) is 2.76. The standard InChI is InChI=1S/C10H12ClNOS/c1-2-10(13)12-14-7-8-5-3-4-6-9(8)11/h3-6H,2,7H2,1H3,(H,12,13). The van der Waals surface area contributed by atoms with Crippen LogP contribution in [0.3, 0.4) is 0 Å². The van der Waals surface area contributed by atoms with Crippen molar-refractivity contribution in [3.8, 4) is 0 Å². The van der Waals surface area contributed by atoms with E-state index in [0.717, 1.165) is 10.6 Å². The Hall–Kier alpha value is -0.670. The van der Waals surface area contributed by atoms with E-state index < -0.39 is 0 Å². The first-order valence-corrected chi connectivity index (χ1v) is 5.74. The molecule has 1 aromatic rings. The normalized spacial score (nSPS) is 9.86. The minimum atomic E-state index is 0.0436. The molecular formula is C10H12ClNOS. The summed E-state index contributed by atoms with van der Waals surface area (Å²) in [6.07, 6.45) is 0.509. The Balaban J connectivity index is 2.39. The van der Waals surface area contributed by atoms with Crippen LogP contribution in [0.4, 0.5) is 0 Å². The fraction of sp³-hybridized carbons (Fsp3) is 0.300. The summed E-state index contributed by atoms with van der Waals surface area (Å²) in [6.45, 7) is 1.82. The lowest BCUT2D eigenvalue weighted by Gasteiger charge is -2.04. The van der Waals surface area contributed by atoms with E-state index in [2.05, 4.69) is 4.72 Å². The summed E-state index contributed by atoms with van der Waals surface area (Å²) in [4.78, 5) is 10.9. The van der Waals surface area contributed by atoms with Crippen LogP contribution in [0.1, 0.15) is 18.9 Å². The summed E-state index contributed by atoms with van der Waals surface area (Å²) in [5.41, 5.74) is 1.04. The highest BCUT2D eigenvalue weighted by molar-refractivity contribution is 7.97. The minimum Gasteiger partial charge on any atom is -0.300 e. The molecule has 0 unspecified atom stereocenters. The molecule has 1 amide bonds. The predicted molar refractivity (Wildman–Crippen MR) is 61.2 cm³/mol. The van der Waals surface area contributed by atoms with Gasteiger partial charge in [0, 0.05) is 17.2 Å². The van der Waals surface area contributed by atoms with E-state index in [0.29, 0.717) is 12.2 Å². The molecule has 2 nitrogen and oxygen atoms in total. The van der Waals surface area contributed by atoms with Crippen LogP contribution in [0.5, 0.6) is 0 Å². The van der Waals surface area contributed by atoms with Gasteiger partial charge in [0.1, 0.15) is 0 Å². The van der Waals surface area contributed by atoms with Gasteiger partial charge in [0.15, 0.2) is 0 Å². The molecule has 0 radical (unpaired) electrons. The van der Waals surface area contributed by atoms with Crippen molar-refractivity contribution in [2.45, 2.75) is 19.1 Å². The zero-order valence-corrected chi connectivity index (χ0v) is 9.49. The maximum atomic E-state index is 10.9. The van der Waals surface area contributed by atoms with Crippen LogP contribution in [-0.4, -0.2) is 5.91 Å². The van der Waals surface area contributed by atoms with Crippen LogP contribution in [0, 0.1) is 0 Å². The Bertz CT molecular complexity index is 317. The van der Waals surface area contributed by atoms with Crippen molar-refractivity contribution >= 4 is 29.5 Å². The molecule has 1 rings (SSSR count). The third-order valence-electron chi connectivity index (χ3n) is 1.69. The predicted octanol–water partition coefficient (Wildman–Crippen LogP) is 3.01. The van der Waals surface area contributed by atoms with Gasteiger partial charge in [-0.15, -0.1) is 0 Å². The van der Waals surface area contributed by atoms with E-state index in [1.54, 1.807) is 0 Å². The third-order valence-corrected chi connectivity index (χ3v) is 2.89. The van der Waals surface area contributed by atoms with Crippen molar-refractivity contribution in [1.82, 2.24) is 4.72 Å². The minimum absolute atomic E-state index is 0.0436. The largest absolute Gasteiger partial charge is 0.300 e. The van der Waals surface area contributed by atoms with Crippen LogP contribution in [-0.2, 0) is 10.5 Å². The lowest BCUT2D eigenvalue weighted by atomic mass is 10.2. The van der Waals surface area contributed by atoms with Crippen molar-refractivity contribution in [2.75, 3.05) is 0 Å². The highest BCUT2D eigenvalue weighted by Gasteiger charge is 2.00. The number of nitrogens with one attached hydrogen (secondary N) is 1. The summed E-state index contributed by atoms with van der Waals surface area (Å²) in [5.74, 6) is 0.743. The summed E-state index contributed by atoms with van der Waals surface area (Å²) in [5, 5.41) is 0.741. The molecule has 4 heteroatoms. The van der Waals surface area contributed by atoms with Crippen LogP contribution >= 0.6 is 23.5 Å². The fourth-order valence-corrected chi connectivity index (χ4v) is 1.95. The number of benzene rings is 1. The van der Waals surface area contributed by atoms with E-state index in [-0.39, 0.29) is 5.91 Å². The number of hydrogen-bond acceptors (Lipinski definition) is 2. The fourth-order valence-electron chi connectivity index (χ4n) is 0.882. The molecule has 14 heavy (non-hydrogen) atoms. The van der Waals surface area contributed by atoms with Gasteiger partial charge in [-0.05, 0) is 23.6 Å². The van der Waals surface area contributed by atoms with Crippen molar-refractivity contribution in [3.05, 3.63) is 34.9 Å². The van der Waals surface area contributed by atoms with Gasteiger partial charge in [0.05, 0.1) is 0 Å². The molecule has 0 fully saturated rings. The van der Waals surface area contributed by atoms with Gasteiger partial charge in [0.2, 0.25) is 5.91 Å². The number of carbonyl (C=O) groups is 1. The van der Waals surface area contributed by atoms with Gasteiger partial charge in [-0.3, -0.25) is 9.52 Å². The molecule has 0 saturated heterocycles. The van der Waals surface area contributed by atoms with E-state index in [9.17, 15) is 4.79 Å². The number of rotatable bonds is 4. The zero-order chi connectivity index (χ0) is 10.4. The summed E-state index contributed by atoms with van der Waals surface area (Å²) >= 11 is 7.32. The van der Waals surface area contributed by atoms with Gasteiger partial charge < -0.3 is 0 Å². The first kappa shape index (κ1) is 11.4. The Morgan fingerprint density at radius 3 is 2.86 bits per heavy atom. The summed E-state index contributed by atoms with van der Waals surface area (Å²) in [7, 11) is 0. The third kappa shape index (κ3) is 3.60. The number of hydrogen-bond donors (Lipinski definition) is 1. The Morgan fingerprint density at radius 2 is 2.21 bits per heavy atom. The van der Waals surface area contributed by atoms with E-state index in [1.165, 1.54) is 11.9 Å². The van der Waals surface area contributed by atoms with Crippen LogP contribution in [0.25, 0.3) is 0 Å². The van der Waals surface area contributed by atoms with Gasteiger partial charge in [-0.2, -0.15) is 0 Å². The first-order chi connectivity index (χ1) is 6.74. The Labute approximate surface area is 93.2 Å². The Kier molecular flexibility index (Phi) is 4.84. The van der Waals surface area contributed by atoms with E-state index >= 15 is 0 Å². The molecule has 76 valence electrons. The lowest BCUT2D eigenvalue weighted by Crippen LogP contribution is -2.13. The molecule has 0 bridgehead atoms. The van der Waals surface area contributed by atoms with E-state index in [4.69, 9.17) is 11.6 Å². The maximum absolute atomic E-state index is 10.9. The zero-order valence-electron chi connectivity index (χ0n) is 7.92. The van der Waals surface area contributed by atoms with Crippen molar-refractivity contribution in [1.29, 1.82) is 0 Å². The lowest BCUT2D eigenvalue weighted by molar-refractivity contribution is -0.118. The van der Waals surface area contributed by atoms with Gasteiger partial charge in [0.25, 0.3) is 0 Å². The van der Waals surface area contributed by atoms with Crippen LogP contribution < -0.4 is 4.72 Å². The number of amides is 1. The van der Waals surface area contributed by atoms with Crippen molar-refractivity contribution < 1.29 is 4.79 Å². The average molecular weight is 230 g/mol. The highest BCUT2D eigenvalue weighted by Crippen LogP contribution is 2.19. The van der Waals surface area contributed by atoms with Crippen molar-refractivity contribution in [3.63, 3.8) is 0 Å². The average Bonchev–Trinajstić information content (AvgIpc) is 2.20. The molecule has 0 saturated carbocycles. The quantitative estimate of drug-likeness (QED) is 0.805. The SMILES string of the molecule is CCC(=O)NSCc1ccccc1Cl. The molecular weight excluding hydrogens is 218 g/mol. The topological polar surface area (TPSA) is 29.1 Å². The number of halogens is 1. The second kappa shape index (κ2) is 5.94. The summed E-state index contributed by atoms with van der Waals surface area (Å²) < 4.78 is 2.73. The molecule has 0 aliphatic carbocycles. The van der Waals surface area contributed by atoms with Gasteiger partial charge in [-0.25, -0.2) is 0 Å². The van der Waals surface area contributed by atoms with Gasteiger partial charge >= 0.3 is 0 Å². The van der Waals surface area contributed by atoms with Crippen LogP contribution in [0.2, 0.25) is 5.02 Å². The van der Waals surface area contributed by atoms with Crippen LogP contribution in [0.15, 0.2) is 24.3 Å². The molecule has 0 heterocycles. The highest BCUT2D eigenvalue weighted by atomic mass is 35.5. The monoisotopic (exact) mass is 229 g/mol. The van der Waals surface area contributed by atoms with Crippen molar-refractivity contribution in [2.24, 2.45) is 0 Å². The molecule has 0 atom stereocenters. The smallest absolute Gasteiger partial charge is 0.229 e. The molecule has 0 spiro atoms. The Morgan fingerprint density at radius 1 is 1.50 bits per heavy atom. The maximum Gasteiger partial charge on any atom is 0.229 e. The first-order valence-electron chi connectivity index (χ1n) is 4.38. The van der Waals surface area contributed by atoms with Gasteiger partial charge in [-0.1, -0.05) is 36.7 Å². The summed E-state index contributed by atoms with van der Waals surface area (Å²) in [6, 6.07) is 7.62. The number of carbonyl (C=O) groups excluding carboxylic acids is 1. The molecule has 0 aliphatic heterocycles. The molecule has 1 N–H and O–H groups in total. The molecule has 0 aliphatic rings. The molecule has 1 aromatic carbocycles.